The van der Waals surface area contributed by atoms with Crippen LogP contribution in [0.3, 0.4) is 0 Å². The van der Waals surface area contributed by atoms with E-state index in [-0.39, 0.29) is 5.78 Å². The highest BCUT2D eigenvalue weighted by Crippen LogP contribution is 2.32. The second-order valence-electron chi connectivity index (χ2n) is 5.42. The first-order chi connectivity index (χ1) is 9.75. The van der Waals surface area contributed by atoms with Gasteiger partial charge < -0.3 is 4.90 Å². The standard InChI is InChI=1S/C18H19NO/c1-14(20)17-9-5-6-10-18(17)19-12-11-16(13-19)15-7-3-2-4-8-15/h2-10,16H,11-13H2,1H3. The number of hydrogen-bond donors (Lipinski definition) is 0. The maximum absolute atomic E-state index is 11.7. The van der Waals surface area contributed by atoms with E-state index in [1.807, 2.05) is 18.2 Å². The maximum Gasteiger partial charge on any atom is 0.161 e. The van der Waals surface area contributed by atoms with Gasteiger partial charge in [0.25, 0.3) is 0 Å². The van der Waals surface area contributed by atoms with Crippen LogP contribution in [0.1, 0.15) is 35.2 Å². The molecule has 1 fully saturated rings. The average molecular weight is 265 g/mol. The van der Waals surface area contributed by atoms with E-state index in [0.717, 1.165) is 30.8 Å². The first kappa shape index (κ1) is 12.9. The quantitative estimate of drug-likeness (QED) is 0.785. The monoisotopic (exact) mass is 265 g/mol. The molecule has 0 aromatic heterocycles. The number of para-hydroxylation sites is 1. The topological polar surface area (TPSA) is 20.3 Å². The third kappa shape index (κ3) is 2.46. The molecule has 1 heterocycles. The van der Waals surface area contributed by atoms with Crippen molar-refractivity contribution in [2.75, 3.05) is 18.0 Å². The summed E-state index contributed by atoms with van der Waals surface area (Å²) in [7, 11) is 0. The zero-order valence-electron chi connectivity index (χ0n) is 11.8. The molecule has 0 radical (unpaired) electrons. The van der Waals surface area contributed by atoms with Crippen molar-refractivity contribution in [3.05, 3.63) is 65.7 Å². The molecule has 1 saturated heterocycles. The van der Waals surface area contributed by atoms with Crippen LogP contribution in [-0.4, -0.2) is 18.9 Å². The summed E-state index contributed by atoms with van der Waals surface area (Å²) < 4.78 is 0. The van der Waals surface area contributed by atoms with Gasteiger partial charge in [0.2, 0.25) is 0 Å². The molecule has 20 heavy (non-hydrogen) atoms. The van der Waals surface area contributed by atoms with Crippen LogP contribution in [0.25, 0.3) is 0 Å². The Bertz CT molecular complexity index is 606. The van der Waals surface area contributed by atoms with Crippen LogP contribution in [0.5, 0.6) is 0 Å². The summed E-state index contributed by atoms with van der Waals surface area (Å²) >= 11 is 0. The number of nitrogens with zero attached hydrogens (tertiary/aromatic N) is 1. The second kappa shape index (κ2) is 5.49. The number of carbonyl (C=O) groups is 1. The Morgan fingerprint density at radius 2 is 1.75 bits per heavy atom. The van der Waals surface area contributed by atoms with E-state index in [1.165, 1.54) is 5.56 Å². The molecule has 2 aromatic carbocycles. The highest BCUT2D eigenvalue weighted by Gasteiger charge is 2.25. The van der Waals surface area contributed by atoms with E-state index in [4.69, 9.17) is 0 Å². The molecular weight excluding hydrogens is 246 g/mol. The summed E-state index contributed by atoms with van der Waals surface area (Å²) in [6, 6.07) is 18.6. The summed E-state index contributed by atoms with van der Waals surface area (Å²) in [6.45, 7) is 3.65. The van der Waals surface area contributed by atoms with Gasteiger partial charge in [-0.25, -0.2) is 0 Å². The molecule has 1 aliphatic heterocycles. The summed E-state index contributed by atoms with van der Waals surface area (Å²) in [5.74, 6) is 0.708. The molecule has 0 saturated carbocycles. The largest absolute Gasteiger partial charge is 0.370 e. The van der Waals surface area contributed by atoms with Gasteiger partial charge >= 0.3 is 0 Å². The Labute approximate surface area is 120 Å². The fourth-order valence-corrected chi connectivity index (χ4v) is 3.02. The molecule has 1 unspecified atom stereocenters. The van der Waals surface area contributed by atoms with Crippen LogP contribution >= 0.6 is 0 Å². The molecule has 0 amide bonds. The average Bonchev–Trinajstić information content (AvgIpc) is 2.98. The van der Waals surface area contributed by atoms with Crippen molar-refractivity contribution >= 4 is 11.5 Å². The molecule has 102 valence electrons. The molecule has 0 aliphatic carbocycles. The highest BCUT2D eigenvalue weighted by molar-refractivity contribution is 5.99. The van der Waals surface area contributed by atoms with E-state index in [0.29, 0.717) is 5.92 Å². The second-order valence-corrected chi connectivity index (χ2v) is 5.42. The van der Waals surface area contributed by atoms with Gasteiger partial charge in [0, 0.05) is 30.3 Å². The van der Waals surface area contributed by atoms with Crippen LogP contribution in [0.2, 0.25) is 0 Å². The normalized spacial score (nSPS) is 18.2. The summed E-state index contributed by atoms with van der Waals surface area (Å²) in [5, 5.41) is 0. The van der Waals surface area contributed by atoms with Crippen molar-refractivity contribution in [1.29, 1.82) is 0 Å². The van der Waals surface area contributed by atoms with Gasteiger partial charge in [0.05, 0.1) is 0 Å². The van der Waals surface area contributed by atoms with Gasteiger partial charge in [-0.15, -0.1) is 0 Å². The minimum Gasteiger partial charge on any atom is -0.370 e. The van der Waals surface area contributed by atoms with Crippen molar-refractivity contribution in [3.8, 4) is 0 Å². The lowest BCUT2D eigenvalue weighted by molar-refractivity contribution is 0.101. The van der Waals surface area contributed by atoms with Gasteiger partial charge in [-0.2, -0.15) is 0 Å². The first-order valence-corrected chi connectivity index (χ1v) is 7.15. The Kier molecular flexibility index (Phi) is 3.55. The number of ketones is 1. The van der Waals surface area contributed by atoms with Crippen molar-refractivity contribution in [1.82, 2.24) is 0 Å². The van der Waals surface area contributed by atoms with Gasteiger partial charge in [-0.3, -0.25) is 4.79 Å². The Balaban J connectivity index is 1.83. The van der Waals surface area contributed by atoms with E-state index < -0.39 is 0 Å². The number of Topliss-reactive ketones (excluding diaryl/α,β-unsaturated/α-hetero) is 1. The predicted octanol–water partition coefficient (Wildman–Crippen LogP) is 3.88. The fourth-order valence-electron chi connectivity index (χ4n) is 3.02. The number of carbonyl (C=O) groups excluding carboxylic acids is 1. The van der Waals surface area contributed by atoms with Crippen LogP contribution in [0.15, 0.2) is 54.6 Å². The molecule has 2 aromatic rings. The van der Waals surface area contributed by atoms with E-state index in [1.54, 1.807) is 6.92 Å². The summed E-state index contributed by atoms with van der Waals surface area (Å²) in [5.41, 5.74) is 3.31. The van der Waals surface area contributed by atoms with Crippen LogP contribution in [-0.2, 0) is 0 Å². The molecule has 1 atom stereocenters. The minimum absolute atomic E-state index is 0.142. The molecule has 0 spiro atoms. The van der Waals surface area contributed by atoms with Crippen molar-refractivity contribution < 1.29 is 4.79 Å². The third-order valence-electron chi connectivity index (χ3n) is 4.08. The molecule has 0 N–H and O–H groups in total. The summed E-state index contributed by atoms with van der Waals surface area (Å²) in [6.07, 6.45) is 1.15. The lowest BCUT2D eigenvalue weighted by atomic mass is 9.99. The molecular formula is C18H19NO. The molecule has 0 bridgehead atoms. The van der Waals surface area contributed by atoms with E-state index in [2.05, 4.69) is 41.3 Å². The molecule has 3 rings (SSSR count). The maximum atomic E-state index is 11.7. The SMILES string of the molecule is CC(=O)c1ccccc1N1CCC(c2ccccc2)C1. The predicted molar refractivity (Wildman–Crippen MR) is 82.5 cm³/mol. The highest BCUT2D eigenvalue weighted by atomic mass is 16.1. The van der Waals surface area contributed by atoms with Crippen LogP contribution in [0, 0.1) is 0 Å². The number of rotatable bonds is 3. The molecule has 1 aliphatic rings. The number of benzene rings is 2. The van der Waals surface area contributed by atoms with Crippen LogP contribution in [0.4, 0.5) is 5.69 Å². The Morgan fingerprint density at radius 1 is 1.05 bits per heavy atom. The third-order valence-corrected chi connectivity index (χ3v) is 4.08. The lowest BCUT2D eigenvalue weighted by Gasteiger charge is -2.21. The van der Waals surface area contributed by atoms with E-state index >= 15 is 0 Å². The smallest absolute Gasteiger partial charge is 0.161 e. The number of hydrogen-bond acceptors (Lipinski definition) is 2. The van der Waals surface area contributed by atoms with Gasteiger partial charge in [0.15, 0.2) is 5.78 Å². The van der Waals surface area contributed by atoms with Gasteiger partial charge in [-0.1, -0.05) is 42.5 Å². The fraction of sp³-hybridized carbons (Fsp3) is 0.278. The van der Waals surface area contributed by atoms with Crippen molar-refractivity contribution in [2.24, 2.45) is 0 Å². The molecule has 2 heteroatoms. The number of anilines is 1. The van der Waals surface area contributed by atoms with Gasteiger partial charge in [0.1, 0.15) is 0 Å². The summed E-state index contributed by atoms with van der Waals surface area (Å²) in [4.78, 5) is 14.1. The van der Waals surface area contributed by atoms with Crippen molar-refractivity contribution in [3.63, 3.8) is 0 Å². The Hall–Kier alpha value is -2.09. The van der Waals surface area contributed by atoms with Crippen LogP contribution < -0.4 is 4.90 Å². The first-order valence-electron chi connectivity index (χ1n) is 7.15. The minimum atomic E-state index is 0.142. The zero-order chi connectivity index (χ0) is 13.9. The van der Waals surface area contributed by atoms with E-state index in [9.17, 15) is 4.79 Å². The molecule has 2 nitrogen and oxygen atoms in total. The zero-order valence-corrected chi connectivity index (χ0v) is 11.8. The van der Waals surface area contributed by atoms with Gasteiger partial charge in [-0.05, 0) is 31.0 Å². The van der Waals surface area contributed by atoms with Crippen molar-refractivity contribution in [2.45, 2.75) is 19.3 Å². The lowest BCUT2D eigenvalue weighted by Crippen LogP contribution is -2.21. The Morgan fingerprint density at radius 3 is 2.50 bits per heavy atom.